The van der Waals surface area contributed by atoms with E-state index in [2.05, 4.69) is 19.9 Å². The van der Waals surface area contributed by atoms with E-state index in [1.807, 2.05) is 0 Å². The van der Waals surface area contributed by atoms with Crippen LogP contribution in [0.4, 0.5) is 32.0 Å². The van der Waals surface area contributed by atoms with Crippen molar-refractivity contribution in [2.75, 3.05) is 19.1 Å². The molecular weight excluding hydrogens is 700 g/mol. The minimum atomic E-state index is -4.76. The Labute approximate surface area is 278 Å². The van der Waals surface area contributed by atoms with Gasteiger partial charge < -0.3 is 15.5 Å². The number of carbonyl (C=O) groups is 1. The molecule has 13 nitrogen and oxygen atoms in total. The molecule has 268 valence electrons. The van der Waals surface area contributed by atoms with Crippen LogP contribution in [0.5, 0.6) is 0 Å². The fourth-order valence-electron chi connectivity index (χ4n) is 5.17. The van der Waals surface area contributed by atoms with Crippen LogP contribution in [-0.2, 0) is 46.9 Å². The minimum absolute atomic E-state index is 0.118. The molecule has 20 heteroatoms. The number of halogens is 6. The van der Waals surface area contributed by atoms with Gasteiger partial charge in [-0.05, 0) is 50.2 Å². The summed E-state index contributed by atoms with van der Waals surface area (Å²) < 4.78 is 111. The Hall–Kier alpha value is -5.40. The largest absolute Gasteiger partial charge is 0.465 e. The molecule has 0 saturated heterocycles. The third-order valence-electron chi connectivity index (χ3n) is 7.25. The van der Waals surface area contributed by atoms with Crippen molar-refractivity contribution in [3.05, 3.63) is 85.3 Å². The summed E-state index contributed by atoms with van der Waals surface area (Å²) in [6.45, 7) is 3.27. The summed E-state index contributed by atoms with van der Waals surface area (Å²) in [5.74, 6) is -1.69. The number of nitrogen functional groups attached to an aromatic ring is 1. The van der Waals surface area contributed by atoms with Crippen LogP contribution in [0.25, 0.3) is 33.4 Å². The number of benzene rings is 2. The average molecular weight is 730 g/mol. The van der Waals surface area contributed by atoms with Crippen LogP contribution in [0.1, 0.15) is 32.9 Å². The predicted octanol–water partition coefficient (Wildman–Crippen LogP) is 4.20. The highest BCUT2D eigenvalue weighted by Crippen LogP contribution is 2.40. The molecule has 0 aliphatic rings. The lowest BCUT2D eigenvalue weighted by Crippen LogP contribution is -2.37. The van der Waals surface area contributed by atoms with E-state index in [1.165, 1.54) is 35.6 Å². The Morgan fingerprint density at radius 1 is 0.860 bits per heavy atom. The quantitative estimate of drug-likeness (QED) is 0.153. The minimum Gasteiger partial charge on any atom is -0.465 e. The van der Waals surface area contributed by atoms with E-state index in [-0.39, 0.29) is 44.7 Å². The smallest absolute Gasteiger partial charge is 0.417 e. The molecule has 3 aromatic heterocycles. The number of fused-ring (bicyclic) bond motifs is 1. The number of aryl methyl sites for hydroxylation is 4. The number of aromatic amines is 1. The van der Waals surface area contributed by atoms with E-state index in [0.29, 0.717) is 22.0 Å². The zero-order valence-corrected chi connectivity index (χ0v) is 27.9. The summed E-state index contributed by atoms with van der Waals surface area (Å²) in [7, 11) is 0.378. The predicted molar refractivity (Wildman–Crippen MR) is 170 cm³/mol. The Bertz CT molecular complexity index is 2370. The number of hydrogen-bond acceptors (Lipinski definition) is 9. The molecule has 0 aliphatic carbocycles. The van der Waals surface area contributed by atoms with Gasteiger partial charge in [0.2, 0.25) is 0 Å². The first-order chi connectivity index (χ1) is 22.9. The number of methoxy groups -OCH3 is 1. The lowest BCUT2D eigenvalue weighted by atomic mass is 9.98. The van der Waals surface area contributed by atoms with Gasteiger partial charge in [0.15, 0.2) is 9.84 Å². The summed E-state index contributed by atoms with van der Waals surface area (Å²) in [4.78, 5) is 38.5. The Kier molecular flexibility index (Phi) is 9.83. The molecule has 2 aromatic carbocycles. The summed E-state index contributed by atoms with van der Waals surface area (Å²) >= 11 is 0. The number of sulfone groups is 1. The van der Waals surface area contributed by atoms with Crippen molar-refractivity contribution in [2.45, 2.75) is 32.1 Å². The van der Waals surface area contributed by atoms with E-state index in [1.54, 1.807) is 13.8 Å². The van der Waals surface area contributed by atoms with Crippen molar-refractivity contribution in [1.29, 1.82) is 0 Å². The molecule has 50 heavy (non-hydrogen) atoms. The van der Waals surface area contributed by atoms with Gasteiger partial charge in [0.05, 0.1) is 57.5 Å². The van der Waals surface area contributed by atoms with E-state index >= 15 is 0 Å². The fourth-order valence-corrected chi connectivity index (χ4v) is 5.88. The Morgan fingerprint density at radius 3 is 1.76 bits per heavy atom. The van der Waals surface area contributed by atoms with Crippen molar-refractivity contribution in [2.24, 2.45) is 14.1 Å². The van der Waals surface area contributed by atoms with Crippen LogP contribution in [0.15, 0.2) is 46.0 Å². The van der Waals surface area contributed by atoms with E-state index < -0.39 is 56.4 Å². The number of alkyl halides is 6. The molecule has 0 spiro atoms. The maximum absolute atomic E-state index is 13.6. The highest BCUT2D eigenvalue weighted by molar-refractivity contribution is 7.89. The van der Waals surface area contributed by atoms with Crippen LogP contribution in [-0.4, -0.2) is 56.9 Å². The highest BCUT2D eigenvalue weighted by Gasteiger charge is 2.37. The first-order valence-corrected chi connectivity index (χ1v) is 16.2. The van der Waals surface area contributed by atoms with Gasteiger partial charge in [-0.3, -0.25) is 14.2 Å². The van der Waals surface area contributed by atoms with Gasteiger partial charge in [0.1, 0.15) is 5.88 Å². The van der Waals surface area contributed by atoms with Crippen molar-refractivity contribution in [3.8, 4) is 22.5 Å². The van der Waals surface area contributed by atoms with Crippen LogP contribution in [0.2, 0.25) is 0 Å². The van der Waals surface area contributed by atoms with Crippen LogP contribution in [0.3, 0.4) is 0 Å². The number of rotatable bonds is 5. The van der Waals surface area contributed by atoms with Gasteiger partial charge in [-0.25, -0.2) is 22.6 Å². The zero-order valence-electron chi connectivity index (χ0n) is 27.1. The second-order valence-corrected chi connectivity index (χ2v) is 13.3. The molecule has 0 bridgehead atoms. The normalized spacial score (nSPS) is 12.2. The van der Waals surface area contributed by atoms with Crippen LogP contribution < -0.4 is 17.0 Å². The number of nitrogens with zero attached hydrogens (tertiary/aromatic N) is 5. The molecule has 3 heterocycles. The van der Waals surface area contributed by atoms with E-state index in [0.717, 1.165) is 31.6 Å². The summed E-state index contributed by atoms with van der Waals surface area (Å²) in [5.41, 5.74) is 1.61. The molecule has 5 aromatic rings. The first-order valence-electron chi connectivity index (χ1n) is 14.1. The summed E-state index contributed by atoms with van der Waals surface area (Å²) in [6, 6.07) is 6.41. The molecular formula is C30H29F6N7O6S. The zero-order chi connectivity index (χ0) is 37.7. The third-order valence-corrected chi connectivity index (χ3v) is 7.97. The number of ether oxygens (including phenoxy) is 1. The molecule has 5 rings (SSSR count). The third kappa shape index (κ3) is 7.74. The maximum atomic E-state index is 13.6. The Morgan fingerprint density at radius 2 is 1.34 bits per heavy atom. The monoisotopic (exact) mass is 729 g/mol. The molecule has 0 saturated carbocycles. The lowest BCUT2D eigenvalue weighted by Gasteiger charge is -2.16. The van der Waals surface area contributed by atoms with E-state index in [9.17, 15) is 49.1 Å². The number of carbonyl (C=O) groups excluding carboxylic acids is 1. The number of H-pyrrole nitrogens is 1. The number of nitrogens with one attached hydrogen (secondary N) is 1. The first kappa shape index (κ1) is 37.4. The van der Waals surface area contributed by atoms with Crippen molar-refractivity contribution < 1.29 is 44.3 Å². The van der Waals surface area contributed by atoms with E-state index in [4.69, 9.17) is 5.73 Å². The van der Waals surface area contributed by atoms with Crippen LogP contribution in [0, 0.1) is 13.8 Å². The molecule has 0 amide bonds. The number of nitrogens with two attached hydrogens (primary N) is 1. The number of hydrogen-bond donors (Lipinski definition) is 2. The second kappa shape index (κ2) is 13.1. The number of anilines is 1. The molecule has 0 radical (unpaired) electrons. The molecule has 0 unspecified atom stereocenters. The van der Waals surface area contributed by atoms with Crippen molar-refractivity contribution in [3.63, 3.8) is 0 Å². The Balaban J connectivity index is 0.000000232. The highest BCUT2D eigenvalue weighted by atomic mass is 32.2. The SMILES string of the molecule is COC(=O)c1cc(-c2cc(C)nn2C)c(C(F)(F)F)cc1N.Cc1cc(-c2cc3c(=O)n(CS(C)(=O)=O)c(=O)[nH]c3cc2C(F)(F)F)n(C)n1. The van der Waals surface area contributed by atoms with Gasteiger partial charge in [-0.15, -0.1) is 0 Å². The number of aromatic nitrogens is 6. The number of esters is 1. The average Bonchev–Trinajstić information content (AvgIpc) is 3.51. The maximum Gasteiger partial charge on any atom is 0.417 e. The van der Waals surface area contributed by atoms with Gasteiger partial charge in [-0.1, -0.05) is 0 Å². The van der Waals surface area contributed by atoms with Crippen molar-refractivity contribution >= 4 is 32.4 Å². The van der Waals surface area contributed by atoms with Crippen LogP contribution >= 0.6 is 0 Å². The fraction of sp³-hybridized carbons (Fsp3) is 0.300. The van der Waals surface area contributed by atoms with Gasteiger partial charge in [0.25, 0.3) is 5.56 Å². The molecule has 0 fully saturated rings. The lowest BCUT2D eigenvalue weighted by molar-refractivity contribution is -0.137. The topological polar surface area (TPSA) is 177 Å². The standard InChI is InChI=1S/C16H15F3N4O4S.C14H14F3N3O2/c1-8-4-13(22(2)21-8)9-5-10-12(6-11(9)16(17,18)19)20-15(25)23(14(10)24)7-28(3,26)27;1-7-4-12(20(2)19-7)8-5-9(13(21)22-3)11(18)6-10(8)14(15,16)17/h4-6H,7H2,1-3H3,(H,20,25);4-6H,18H2,1-3H3. The van der Waals surface area contributed by atoms with Crippen molar-refractivity contribution in [1.82, 2.24) is 29.1 Å². The van der Waals surface area contributed by atoms with Gasteiger partial charge in [0, 0.05) is 37.2 Å². The summed E-state index contributed by atoms with van der Waals surface area (Å²) in [5, 5.41) is 7.81. The molecule has 3 N–H and O–H groups in total. The molecule has 0 aliphatic heterocycles. The molecule has 0 atom stereocenters. The summed E-state index contributed by atoms with van der Waals surface area (Å²) in [6.07, 6.45) is -8.55. The second-order valence-electron chi connectivity index (χ2n) is 11.2. The van der Waals surface area contributed by atoms with Gasteiger partial charge in [-0.2, -0.15) is 36.5 Å². The van der Waals surface area contributed by atoms with Gasteiger partial charge >= 0.3 is 24.0 Å².